The highest BCUT2D eigenvalue weighted by Crippen LogP contribution is 2.31. The molecule has 1 aliphatic rings. The van der Waals surface area contributed by atoms with Crippen LogP contribution in [0.3, 0.4) is 0 Å². The van der Waals surface area contributed by atoms with Crippen molar-refractivity contribution < 1.29 is 8.42 Å². The zero-order valence-electron chi connectivity index (χ0n) is 11.9. The van der Waals surface area contributed by atoms with Crippen molar-refractivity contribution in [2.24, 2.45) is 0 Å². The van der Waals surface area contributed by atoms with Crippen molar-refractivity contribution in [1.82, 2.24) is 9.27 Å². The molecule has 0 radical (unpaired) electrons. The number of anilines is 2. The normalized spacial score (nSPS) is 18.9. The van der Waals surface area contributed by atoms with Crippen LogP contribution in [0.2, 0.25) is 0 Å². The summed E-state index contributed by atoms with van der Waals surface area (Å²) in [5.74, 6) is 0.0881. The van der Waals surface area contributed by atoms with E-state index in [9.17, 15) is 8.42 Å². The van der Waals surface area contributed by atoms with Crippen LogP contribution in [0.5, 0.6) is 0 Å². The van der Waals surface area contributed by atoms with E-state index in [1.807, 2.05) is 0 Å². The van der Waals surface area contributed by atoms with Crippen LogP contribution in [0.4, 0.5) is 10.8 Å². The van der Waals surface area contributed by atoms with Gasteiger partial charge in [0.05, 0.1) is 0 Å². The molecule has 0 aromatic carbocycles. The summed E-state index contributed by atoms with van der Waals surface area (Å²) in [5.41, 5.74) is 5.66. The van der Waals surface area contributed by atoms with E-state index in [0.717, 1.165) is 37.4 Å². The summed E-state index contributed by atoms with van der Waals surface area (Å²) in [6, 6.07) is 0.161. The summed E-state index contributed by atoms with van der Waals surface area (Å²) in [7, 11) is -3.35. The largest absolute Gasteiger partial charge is 0.382 e. The topological polar surface area (TPSA) is 88.3 Å². The molecule has 2 heterocycles. The third-order valence-corrected chi connectivity index (χ3v) is 5.48. The molecule has 1 aromatic rings. The first-order chi connectivity index (χ1) is 9.38. The Morgan fingerprint density at radius 2 is 2.05 bits per heavy atom. The molecule has 1 atom stereocenters. The average Bonchev–Trinajstić information content (AvgIpc) is 2.71. The number of sulfone groups is 1. The number of nitrogen functional groups attached to an aromatic ring is 1. The molecule has 1 unspecified atom stereocenters. The van der Waals surface area contributed by atoms with Crippen LogP contribution in [-0.4, -0.2) is 49.6 Å². The smallest absolute Gasteiger partial charge is 0.182 e. The van der Waals surface area contributed by atoms with Crippen molar-refractivity contribution in [2.45, 2.75) is 37.1 Å². The second-order valence-corrected chi connectivity index (χ2v) is 8.13. The molecule has 0 spiro atoms. The minimum absolute atomic E-state index is 0.0881. The van der Waals surface area contributed by atoms with Gasteiger partial charge in [-0.2, -0.15) is 4.37 Å². The van der Waals surface area contributed by atoms with Crippen molar-refractivity contribution in [1.29, 1.82) is 0 Å². The van der Waals surface area contributed by atoms with Gasteiger partial charge in [0.15, 0.2) is 15.7 Å². The fourth-order valence-corrected chi connectivity index (χ4v) is 4.71. The Labute approximate surface area is 124 Å². The third kappa shape index (κ3) is 3.83. The Balaban J connectivity index is 2.02. The van der Waals surface area contributed by atoms with Crippen molar-refractivity contribution >= 4 is 32.2 Å². The Morgan fingerprint density at radius 1 is 1.40 bits per heavy atom. The highest BCUT2D eigenvalue weighted by molar-refractivity contribution is 7.91. The fraction of sp³-hybridized carbons (Fsp3) is 0.750. The van der Waals surface area contributed by atoms with Crippen molar-refractivity contribution in [3.63, 3.8) is 0 Å². The first-order valence-electron chi connectivity index (χ1n) is 6.82. The van der Waals surface area contributed by atoms with Gasteiger partial charge in [-0.25, -0.2) is 8.42 Å². The maximum Gasteiger partial charge on any atom is 0.182 e. The van der Waals surface area contributed by atoms with Crippen molar-refractivity contribution in [3.05, 3.63) is 0 Å². The van der Waals surface area contributed by atoms with E-state index in [4.69, 9.17) is 5.73 Å². The molecule has 6 nitrogen and oxygen atoms in total. The van der Waals surface area contributed by atoms with E-state index in [0.29, 0.717) is 5.00 Å². The molecule has 8 heteroatoms. The van der Waals surface area contributed by atoms with Gasteiger partial charge in [0.25, 0.3) is 0 Å². The van der Waals surface area contributed by atoms with Gasteiger partial charge in [-0.3, -0.25) is 0 Å². The number of nitrogens with zero attached hydrogens (tertiary/aromatic N) is 2. The highest BCUT2D eigenvalue weighted by atomic mass is 32.2. The van der Waals surface area contributed by atoms with Crippen LogP contribution in [0.25, 0.3) is 0 Å². The molecule has 114 valence electrons. The van der Waals surface area contributed by atoms with Crippen LogP contribution >= 0.6 is 11.5 Å². The average molecular weight is 318 g/mol. The molecule has 1 saturated heterocycles. The zero-order chi connectivity index (χ0) is 14.8. The first-order valence-corrected chi connectivity index (χ1v) is 9.48. The summed E-state index contributed by atoms with van der Waals surface area (Å²) in [4.78, 5) is 2.54. The Bertz CT molecular complexity index is 550. The molecule has 1 fully saturated rings. The predicted molar refractivity (Wildman–Crippen MR) is 83.0 cm³/mol. The Hall–Kier alpha value is -0.860. The second-order valence-electron chi connectivity index (χ2n) is 5.40. The monoisotopic (exact) mass is 318 g/mol. The lowest BCUT2D eigenvalue weighted by Gasteiger charge is -2.29. The number of hydrogen-bond acceptors (Lipinski definition) is 7. The summed E-state index contributed by atoms with van der Waals surface area (Å²) >= 11 is 1.11. The lowest BCUT2D eigenvalue weighted by molar-refractivity contribution is 0.223. The summed E-state index contributed by atoms with van der Waals surface area (Å²) < 4.78 is 27.4. The Morgan fingerprint density at radius 3 is 2.65 bits per heavy atom. The molecular formula is C12H22N4O2S2. The van der Waals surface area contributed by atoms with E-state index < -0.39 is 9.84 Å². The Kier molecular flexibility index (Phi) is 4.87. The molecule has 2 rings (SSSR count). The molecule has 1 aliphatic heterocycles. The molecule has 0 aliphatic carbocycles. The lowest BCUT2D eigenvalue weighted by Crippen LogP contribution is -2.38. The standard InChI is InChI=1S/C12H22N4O2S2/c1-9(8-16-6-4-3-5-7-16)14-12-10(20(2,17)18)11(13)15-19-12/h9,14H,3-8H2,1-2H3,(H2,13,15). The summed E-state index contributed by atoms with van der Waals surface area (Å²) in [5, 5.41) is 3.79. The van der Waals surface area contributed by atoms with E-state index in [1.165, 1.54) is 19.3 Å². The minimum atomic E-state index is -3.35. The van der Waals surface area contributed by atoms with Gasteiger partial charge in [-0.15, -0.1) is 0 Å². The van der Waals surface area contributed by atoms with Crippen molar-refractivity contribution in [2.75, 3.05) is 36.9 Å². The predicted octanol–water partition coefficient (Wildman–Crippen LogP) is 1.42. The second kappa shape index (κ2) is 6.28. The van der Waals surface area contributed by atoms with Gasteiger partial charge in [0.2, 0.25) is 0 Å². The molecule has 20 heavy (non-hydrogen) atoms. The van der Waals surface area contributed by atoms with Gasteiger partial charge >= 0.3 is 0 Å². The molecule has 3 N–H and O–H groups in total. The quantitative estimate of drug-likeness (QED) is 0.853. The lowest BCUT2D eigenvalue weighted by atomic mass is 10.1. The van der Waals surface area contributed by atoms with Gasteiger partial charge in [-0.1, -0.05) is 6.42 Å². The van der Waals surface area contributed by atoms with Crippen molar-refractivity contribution in [3.8, 4) is 0 Å². The maximum atomic E-state index is 11.7. The number of aromatic nitrogens is 1. The summed E-state index contributed by atoms with van der Waals surface area (Å²) in [6.07, 6.45) is 4.96. The van der Waals surface area contributed by atoms with Crippen LogP contribution in [0.15, 0.2) is 4.90 Å². The molecule has 0 amide bonds. The van der Waals surface area contributed by atoms with Gasteiger partial charge < -0.3 is 16.0 Å². The SMILES string of the molecule is CC(CN1CCCCC1)Nc1snc(N)c1S(C)(=O)=O. The molecule has 1 aromatic heterocycles. The van der Waals surface area contributed by atoms with Crippen LogP contribution in [0, 0.1) is 0 Å². The number of nitrogens with two attached hydrogens (primary N) is 1. The molecule has 0 bridgehead atoms. The van der Waals surface area contributed by atoms with Crippen LogP contribution in [0.1, 0.15) is 26.2 Å². The zero-order valence-corrected chi connectivity index (χ0v) is 13.6. The summed E-state index contributed by atoms with van der Waals surface area (Å²) in [6.45, 7) is 5.20. The van der Waals surface area contributed by atoms with Gasteiger partial charge in [0, 0.05) is 18.8 Å². The van der Waals surface area contributed by atoms with Gasteiger partial charge in [0.1, 0.15) is 9.90 Å². The highest BCUT2D eigenvalue weighted by Gasteiger charge is 2.23. The van der Waals surface area contributed by atoms with E-state index in [2.05, 4.69) is 21.5 Å². The number of rotatable bonds is 5. The number of hydrogen-bond donors (Lipinski definition) is 2. The van der Waals surface area contributed by atoms with E-state index in [-0.39, 0.29) is 16.8 Å². The third-order valence-electron chi connectivity index (χ3n) is 3.40. The van der Waals surface area contributed by atoms with Crippen LogP contribution in [-0.2, 0) is 9.84 Å². The number of piperidine rings is 1. The number of nitrogens with one attached hydrogen (secondary N) is 1. The van der Waals surface area contributed by atoms with Crippen LogP contribution < -0.4 is 11.1 Å². The van der Waals surface area contributed by atoms with Gasteiger partial charge in [-0.05, 0) is 44.4 Å². The maximum absolute atomic E-state index is 11.7. The minimum Gasteiger partial charge on any atom is -0.382 e. The molecule has 0 saturated carbocycles. The first kappa shape index (κ1) is 15.5. The fourth-order valence-electron chi connectivity index (χ4n) is 2.54. The van der Waals surface area contributed by atoms with E-state index in [1.54, 1.807) is 0 Å². The molecular weight excluding hydrogens is 296 g/mol. The van der Waals surface area contributed by atoms with E-state index >= 15 is 0 Å². The number of likely N-dealkylation sites (tertiary alicyclic amines) is 1.